The Morgan fingerprint density at radius 3 is 2.58 bits per heavy atom. The Balaban J connectivity index is 1.80. The minimum Gasteiger partial charge on any atom is -0.490 e. The van der Waals surface area contributed by atoms with E-state index in [4.69, 9.17) is 14.6 Å². The molecule has 0 spiro atoms. The molecular formula is C14H13NO4. The lowest BCUT2D eigenvalue weighted by molar-refractivity contribution is 0.0696. The number of hydrogen-bond acceptors (Lipinski definition) is 4. The Morgan fingerprint density at radius 1 is 1.11 bits per heavy atom. The summed E-state index contributed by atoms with van der Waals surface area (Å²) in [5.41, 5.74) is 0.147. The summed E-state index contributed by atoms with van der Waals surface area (Å²) in [7, 11) is 0. The predicted octanol–water partition coefficient (Wildman–Crippen LogP) is 2.24. The molecule has 0 aliphatic heterocycles. The summed E-state index contributed by atoms with van der Waals surface area (Å²) < 4.78 is 10.8. The highest BCUT2D eigenvalue weighted by Crippen LogP contribution is 2.10. The van der Waals surface area contributed by atoms with Crippen LogP contribution in [0.5, 0.6) is 11.6 Å². The van der Waals surface area contributed by atoms with Gasteiger partial charge < -0.3 is 14.6 Å². The fraction of sp³-hybridized carbons (Fsp3) is 0.143. The number of carboxylic acid groups (broad SMARTS) is 1. The maximum Gasteiger partial charge on any atom is 0.335 e. The van der Waals surface area contributed by atoms with Crippen LogP contribution in [0.3, 0.4) is 0 Å². The molecule has 0 atom stereocenters. The van der Waals surface area contributed by atoms with Crippen molar-refractivity contribution in [2.75, 3.05) is 13.2 Å². The van der Waals surface area contributed by atoms with E-state index in [0.717, 1.165) is 5.75 Å². The van der Waals surface area contributed by atoms with Gasteiger partial charge in [-0.15, -0.1) is 0 Å². The zero-order valence-corrected chi connectivity index (χ0v) is 10.2. The fourth-order valence-corrected chi connectivity index (χ4v) is 1.44. The predicted molar refractivity (Wildman–Crippen MR) is 68.6 cm³/mol. The van der Waals surface area contributed by atoms with Gasteiger partial charge in [-0.2, -0.15) is 0 Å². The Kier molecular flexibility index (Phi) is 4.34. The summed E-state index contributed by atoms with van der Waals surface area (Å²) in [6.45, 7) is 0.661. The molecule has 0 aliphatic carbocycles. The number of nitrogens with zero attached hydrogens (tertiary/aromatic N) is 1. The van der Waals surface area contributed by atoms with Crippen LogP contribution in [0, 0.1) is 0 Å². The van der Waals surface area contributed by atoms with Crippen LogP contribution in [0.2, 0.25) is 0 Å². The lowest BCUT2D eigenvalue weighted by atomic mass is 10.3. The van der Waals surface area contributed by atoms with Gasteiger partial charge in [-0.3, -0.25) is 0 Å². The highest BCUT2D eigenvalue weighted by Gasteiger charge is 2.04. The van der Waals surface area contributed by atoms with E-state index in [1.807, 2.05) is 30.3 Å². The normalized spacial score (nSPS) is 9.89. The zero-order valence-electron chi connectivity index (χ0n) is 10.2. The largest absolute Gasteiger partial charge is 0.490 e. The first-order valence-corrected chi connectivity index (χ1v) is 5.76. The molecule has 0 bridgehead atoms. The fourth-order valence-electron chi connectivity index (χ4n) is 1.44. The molecule has 0 aliphatic rings. The number of aromatic nitrogens is 1. The van der Waals surface area contributed by atoms with Gasteiger partial charge in [0.1, 0.15) is 19.0 Å². The van der Waals surface area contributed by atoms with Crippen molar-refractivity contribution in [1.29, 1.82) is 0 Å². The Labute approximate surface area is 110 Å². The molecule has 98 valence electrons. The summed E-state index contributed by atoms with van der Waals surface area (Å²) in [5, 5.41) is 8.82. The summed E-state index contributed by atoms with van der Waals surface area (Å²) >= 11 is 0. The number of pyridine rings is 1. The molecule has 0 radical (unpaired) electrons. The Hall–Kier alpha value is -2.56. The minimum absolute atomic E-state index is 0.147. The third kappa shape index (κ3) is 3.99. The van der Waals surface area contributed by atoms with Crippen LogP contribution < -0.4 is 9.47 Å². The molecule has 1 heterocycles. The second-order valence-corrected chi connectivity index (χ2v) is 3.70. The topological polar surface area (TPSA) is 68.7 Å². The van der Waals surface area contributed by atoms with Crippen molar-refractivity contribution in [2.24, 2.45) is 0 Å². The third-order valence-corrected chi connectivity index (χ3v) is 2.33. The van der Waals surface area contributed by atoms with Gasteiger partial charge in [-0.05, 0) is 18.2 Å². The van der Waals surface area contributed by atoms with Crippen molar-refractivity contribution >= 4 is 5.97 Å². The average molecular weight is 259 g/mol. The van der Waals surface area contributed by atoms with Crippen LogP contribution in [-0.4, -0.2) is 29.3 Å². The van der Waals surface area contributed by atoms with Gasteiger partial charge in [0.2, 0.25) is 5.88 Å². The SMILES string of the molecule is O=C(O)c1ccnc(OCCOc2ccccc2)c1. The van der Waals surface area contributed by atoms with E-state index in [9.17, 15) is 4.79 Å². The number of carboxylic acids is 1. The van der Waals surface area contributed by atoms with Gasteiger partial charge in [0, 0.05) is 12.3 Å². The first-order valence-electron chi connectivity index (χ1n) is 5.76. The number of benzene rings is 1. The molecule has 1 N–H and O–H groups in total. The summed E-state index contributed by atoms with van der Waals surface area (Å²) in [5.74, 6) is 0.0303. The van der Waals surface area contributed by atoms with Crippen LogP contribution >= 0.6 is 0 Å². The van der Waals surface area contributed by atoms with Crippen molar-refractivity contribution in [3.8, 4) is 11.6 Å². The van der Waals surface area contributed by atoms with Crippen molar-refractivity contribution in [3.05, 3.63) is 54.2 Å². The van der Waals surface area contributed by atoms with Gasteiger partial charge in [0.15, 0.2) is 0 Å². The van der Waals surface area contributed by atoms with Gasteiger partial charge in [-0.25, -0.2) is 9.78 Å². The van der Waals surface area contributed by atoms with Crippen molar-refractivity contribution in [2.45, 2.75) is 0 Å². The number of carbonyl (C=O) groups is 1. The number of hydrogen-bond donors (Lipinski definition) is 1. The van der Waals surface area contributed by atoms with Crippen LogP contribution in [0.15, 0.2) is 48.7 Å². The van der Waals surface area contributed by atoms with Crippen molar-refractivity contribution in [1.82, 2.24) is 4.98 Å². The second-order valence-electron chi connectivity index (χ2n) is 3.70. The first kappa shape index (κ1) is 12.9. The van der Waals surface area contributed by atoms with Crippen molar-refractivity contribution < 1.29 is 19.4 Å². The minimum atomic E-state index is -1.01. The molecule has 1 aromatic carbocycles. The molecule has 2 rings (SSSR count). The highest BCUT2D eigenvalue weighted by atomic mass is 16.5. The quantitative estimate of drug-likeness (QED) is 0.806. The lowest BCUT2D eigenvalue weighted by Crippen LogP contribution is -2.10. The molecule has 0 saturated heterocycles. The maximum atomic E-state index is 10.8. The molecule has 5 heteroatoms. The molecule has 5 nitrogen and oxygen atoms in total. The van der Waals surface area contributed by atoms with E-state index in [2.05, 4.69) is 4.98 Å². The monoisotopic (exact) mass is 259 g/mol. The second kappa shape index (κ2) is 6.39. The van der Waals surface area contributed by atoms with Crippen LogP contribution in [0.25, 0.3) is 0 Å². The van der Waals surface area contributed by atoms with Crippen LogP contribution in [0.1, 0.15) is 10.4 Å². The number of rotatable bonds is 6. The van der Waals surface area contributed by atoms with Gasteiger partial charge in [0.05, 0.1) is 5.56 Å². The van der Waals surface area contributed by atoms with E-state index in [1.165, 1.54) is 18.3 Å². The smallest absolute Gasteiger partial charge is 0.335 e. The highest BCUT2D eigenvalue weighted by molar-refractivity contribution is 5.87. The number of para-hydroxylation sites is 1. The summed E-state index contributed by atoms with van der Waals surface area (Å²) in [6.07, 6.45) is 1.40. The average Bonchev–Trinajstić information content (AvgIpc) is 2.45. The van der Waals surface area contributed by atoms with E-state index < -0.39 is 5.97 Å². The van der Waals surface area contributed by atoms with Crippen LogP contribution in [0.4, 0.5) is 0 Å². The van der Waals surface area contributed by atoms with E-state index in [1.54, 1.807) is 0 Å². The number of ether oxygens (including phenoxy) is 2. The standard InChI is InChI=1S/C14H13NO4/c16-14(17)11-6-7-15-13(10-11)19-9-8-18-12-4-2-1-3-5-12/h1-7,10H,8-9H2,(H,16,17). The molecular weight excluding hydrogens is 246 g/mol. The van der Waals surface area contributed by atoms with Gasteiger partial charge >= 0.3 is 5.97 Å². The molecule has 0 fully saturated rings. The summed E-state index contributed by atoms with van der Waals surface area (Å²) in [4.78, 5) is 14.7. The number of aromatic carboxylic acids is 1. The first-order chi connectivity index (χ1) is 9.25. The third-order valence-electron chi connectivity index (χ3n) is 2.33. The summed E-state index contributed by atoms with van der Waals surface area (Å²) in [6, 6.07) is 12.2. The van der Waals surface area contributed by atoms with Crippen LogP contribution in [-0.2, 0) is 0 Å². The molecule has 0 amide bonds. The zero-order chi connectivity index (χ0) is 13.5. The van der Waals surface area contributed by atoms with Crippen molar-refractivity contribution in [3.63, 3.8) is 0 Å². The van der Waals surface area contributed by atoms with E-state index in [-0.39, 0.29) is 11.4 Å². The van der Waals surface area contributed by atoms with E-state index >= 15 is 0 Å². The van der Waals surface area contributed by atoms with E-state index in [0.29, 0.717) is 13.2 Å². The maximum absolute atomic E-state index is 10.8. The molecule has 0 saturated carbocycles. The Bertz CT molecular complexity index is 542. The Morgan fingerprint density at radius 2 is 1.84 bits per heavy atom. The van der Waals surface area contributed by atoms with Gasteiger partial charge in [-0.1, -0.05) is 18.2 Å². The molecule has 2 aromatic rings. The molecule has 1 aromatic heterocycles. The molecule has 19 heavy (non-hydrogen) atoms. The lowest BCUT2D eigenvalue weighted by Gasteiger charge is -2.07. The molecule has 0 unspecified atom stereocenters. The van der Waals surface area contributed by atoms with Gasteiger partial charge in [0.25, 0.3) is 0 Å².